The zero-order valence-electron chi connectivity index (χ0n) is 14.9. The Balaban J connectivity index is 1.92. The van der Waals surface area contributed by atoms with Gasteiger partial charge in [-0.25, -0.2) is 4.68 Å². The number of halogens is 1. The molecular weight excluding hydrogens is 366 g/mol. The SMILES string of the molecule is CCOc1ccc(NC(=O)c2nn(-c3ccccc3Cl)c(C)cc2=O)cc1. The molecule has 0 fully saturated rings. The molecular formula is C20H18ClN3O3. The first-order chi connectivity index (χ1) is 13.0. The quantitative estimate of drug-likeness (QED) is 0.726. The molecule has 0 aliphatic heterocycles. The molecule has 0 bridgehead atoms. The van der Waals surface area contributed by atoms with E-state index in [0.717, 1.165) is 0 Å². The number of aryl methyl sites for hydroxylation is 1. The van der Waals surface area contributed by atoms with E-state index in [4.69, 9.17) is 16.3 Å². The third kappa shape index (κ3) is 4.17. The Morgan fingerprint density at radius 2 is 1.89 bits per heavy atom. The monoisotopic (exact) mass is 383 g/mol. The van der Waals surface area contributed by atoms with Gasteiger partial charge in [0.25, 0.3) is 5.91 Å². The number of carbonyl (C=O) groups excluding carboxylic acids is 1. The predicted octanol–water partition coefficient (Wildman–Crippen LogP) is 3.85. The summed E-state index contributed by atoms with van der Waals surface area (Å²) < 4.78 is 6.85. The summed E-state index contributed by atoms with van der Waals surface area (Å²) in [7, 11) is 0. The fraction of sp³-hybridized carbons (Fsp3) is 0.150. The van der Waals surface area contributed by atoms with Crippen molar-refractivity contribution in [1.29, 1.82) is 0 Å². The molecule has 6 nitrogen and oxygen atoms in total. The number of nitrogens with zero attached hydrogens (tertiary/aromatic N) is 2. The van der Waals surface area contributed by atoms with Crippen molar-refractivity contribution in [3.8, 4) is 11.4 Å². The Morgan fingerprint density at radius 3 is 2.56 bits per heavy atom. The van der Waals surface area contributed by atoms with Gasteiger partial charge in [-0.05, 0) is 50.2 Å². The van der Waals surface area contributed by atoms with Gasteiger partial charge in [0.15, 0.2) is 5.69 Å². The number of ether oxygens (including phenoxy) is 1. The van der Waals surface area contributed by atoms with Gasteiger partial charge in [0.05, 0.1) is 17.3 Å². The molecule has 0 spiro atoms. The molecule has 27 heavy (non-hydrogen) atoms. The van der Waals surface area contributed by atoms with Crippen LogP contribution >= 0.6 is 11.6 Å². The lowest BCUT2D eigenvalue weighted by atomic mass is 10.2. The molecule has 0 aliphatic rings. The fourth-order valence-electron chi connectivity index (χ4n) is 2.56. The maximum absolute atomic E-state index is 12.6. The second-order valence-corrected chi connectivity index (χ2v) is 6.18. The summed E-state index contributed by atoms with van der Waals surface area (Å²) >= 11 is 6.22. The summed E-state index contributed by atoms with van der Waals surface area (Å²) in [5.74, 6) is 0.106. The number of anilines is 1. The largest absolute Gasteiger partial charge is 0.494 e. The summed E-state index contributed by atoms with van der Waals surface area (Å²) in [5, 5.41) is 7.37. The van der Waals surface area contributed by atoms with E-state index < -0.39 is 11.3 Å². The summed E-state index contributed by atoms with van der Waals surface area (Å²) in [6.07, 6.45) is 0. The molecule has 7 heteroatoms. The molecule has 0 saturated carbocycles. The van der Waals surface area contributed by atoms with Crippen molar-refractivity contribution in [3.63, 3.8) is 0 Å². The third-order valence-corrected chi connectivity index (χ3v) is 4.15. The molecule has 3 aromatic rings. The predicted molar refractivity (Wildman–Crippen MR) is 105 cm³/mol. The number of hydrogen-bond donors (Lipinski definition) is 1. The minimum absolute atomic E-state index is 0.214. The smallest absolute Gasteiger partial charge is 0.280 e. The Hall–Kier alpha value is -3.12. The number of amides is 1. The van der Waals surface area contributed by atoms with Gasteiger partial charge in [0.2, 0.25) is 5.43 Å². The Morgan fingerprint density at radius 1 is 1.19 bits per heavy atom. The molecule has 2 aromatic carbocycles. The van der Waals surface area contributed by atoms with Crippen LogP contribution in [0.25, 0.3) is 5.69 Å². The minimum Gasteiger partial charge on any atom is -0.494 e. The summed E-state index contributed by atoms with van der Waals surface area (Å²) in [5.41, 5.74) is 1.03. The Bertz CT molecular complexity index is 1030. The average Bonchev–Trinajstić information content (AvgIpc) is 2.64. The van der Waals surface area contributed by atoms with E-state index in [1.807, 2.05) is 6.92 Å². The van der Waals surface area contributed by atoms with E-state index >= 15 is 0 Å². The zero-order valence-corrected chi connectivity index (χ0v) is 15.7. The van der Waals surface area contributed by atoms with Gasteiger partial charge in [0, 0.05) is 17.4 Å². The highest BCUT2D eigenvalue weighted by Gasteiger charge is 2.16. The molecule has 0 saturated heterocycles. The maximum Gasteiger partial charge on any atom is 0.280 e. The average molecular weight is 384 g/mol. The van der Waals surface area contributed by atoms with Crippen LogP contribution in [0.5, 0.6) is 5.75 Å². The standard InChI is InChI=1S/C20H18ClN3O3/c1-3-27-15-10-8-14(9-11-15)22-20(26)19-18(25)12-13(2)24(23-19)17-7-5-4-6-16(17)21/h4-12H,3H2,1-2H3,(H,22,26). The van der Waals surface area contributed by atoms with Crippen LogP contribution in [0.1, 0.15) is 23.1 Å². The van der Waals surface area contributed by atoms with Crippen LogP contribution in [0.3, 0.4) is 0 Å². The number of para-hydroxylation sites is 1. The fourth-order valence-corrected chi connectivity index (χ4v) is 2.78. The number of rotatable bonds is 5. The zero-order chi connectivity index (χ0) is 19.4. The van der Waals surface area contributed by atoms with Gasteiger partial charge in [-0.1, -0.05) is 23.7 Å². The molecule has 1 heterocycles. The number of benzene rings is 2. The van der Waals surface area contributed by atoms with Gasteiger partial charge >= 0.3 is 0 Å². The van der Waals surface area contributed by atoms with Crippen LogP contribution < -0.4 is 15.5 Å². The summed E-state index contributed by atoms with van der Waals surface area (Å²) in [4.78, 5) is 24.9. The van der Waals surface area contributed by atoms with Crippen molar-refractivity contribution < 1.29 is 9.53 Å². The van der Waals surface area contributed by atoms with Crippen LogP contribution in [-0.4, -0.2) is 22.3 Å². The number of carbonyl (C=O) groups is 1. The van der Waals surface area contributed by atoms with Crippen LogP contribution in [0.4, 0.5) is 5.69 Å². The van der Waals surface area contributed by atoms with Gasteiger partial charge in [-0.2, -0.15) is 5.10 Å². The van der Waals surface area contributed by atoms with E-state index in [0.29, 0.717) is 34.4 Å². The third-order valence-electron chi connectivity index (χ3n) is 3.83. The molecule has 0 radical (unpaired) electrons. The van der Waals surface area contributed by atoms with E-state index in [1.165, 1.54) is 10.7 Å². The molecule has 1 amide bonds. The van der Waals surface area contributed by atoms with Gasteiger partial charge in [0.1, 0.15) is 5.75 Å². The topological polar surface area (TPSA) is 73.2 Å². The molecule has 138 valence electrons. The van der Waals surface area contributed by atoms with Crippen LogP contribution in [0.2, 0.25) is 5.02 Å². The normalized spacial score (nSPS) is 10.5. The number of hydrogen-bond acceptors (Lipinski definition) is 4. The minimum atomic E-state index is -0.593. The lowest BCUT2D eigenvalue weighted by Gasteiger charge is -2.12. The lowest BCUT2D eigenvalue weighted by Crippen LogP contribution is -2.27. The van der Waals surface area contributed by atoms with Crippen molar-refractivity contribution in [2.45, 2.75) is 13.8 Å². The first kappa shape index (κ1) is 18.7. The highest BCUT2D eigenvalue weighted by atomic mass is 35.5. The molecule has 0 unspecified atom stereocenters. The second-order valence-electron chi connectivity index (χ2n) is 5.77. The Labute approximate surface area is 161 Å². The van der Waals surface area contributed by atoms with Gasteiger partial charge in [-0.3, -0.25) is 9.59 Å². The molecule has 1 aromatic heterocycles. The number of nitrogens with one attached hydrogen (secondary N) is 1. The highest BCUT2D eigenvalue weighted by molar-refractivity contribution is 6.32. The summed E-state index contributed by atoms with van der Waals surface area (Å²) in [6.45, 7) is 4.18. The van der Waals surface area contributed by atoms with Crippen LogP contribution in [0.15, 0.2) is 59.4 Å². The van der Waals surface area contributed by atoms with Crippen molar-refractivity contribution >= 4 is 23.2 Å². The van der Waals surface area contributed by atoms with Crippen LogP contribution in [0, 0.1) is 6.92 Å². The van der Waals surface area contributed by atoms with Crippen molar-refractivity contribution in [3.05, 3.63) is 81.2 Å². The maximum atomic E-state index is 12.6. The van der Waals surface area contributed by atoms with Crippen molar-refractivity contribution in [1.82, 2.24) is 9.78 Å². The van der Waals surface area contributed by atoms with Gasteiger partial charge < -0.3 is 10.1 Å². The van der Waals surface area contributed by atoms with E-state index in [9.17, 15) is 9.59 Å². The first-order valence-corrected chi connectivity index (χ1v) is 8.77. The molecule has 0 aliphatic carbocycles. The van der Waals surface area contributed by atoms with Crippen molar-refractivity contribution in [2.24, 2.45) is 0 Å². The van der Waals surface area contributed by atoms with E-state index in [1.54, 1.807) is 55.5 Å². The second kappa shape index (κ2) is 8.05. The van der Waals surface area contributed by atoms with Crippen LogP contribution in [-0.2, 0) is 0 Å². The Kier molecular flexibility index (Phi) is 5.57. The number of aromatic nitrogens is 2. The molecule has 3 rings (SSSR count). The molecule has 1 N–H and O–H groups in total. The lowest BCUT2D eigenvalue weighted by molar-refractivity contribution is 0.101. The van der Waals surface area contributed by atoms with E-state index in [-0.39, 0.29) is 5.69 Å². The summed E-state index contributed by atoms with van der Waals surface area (Å²) in [6, 6.07) is 15.3. The first-order valence-electron chi connectivity index (χ1n) is 8.39. The van der Waals surface area contributed by atoms with Crippen molar-refractivity contribution in [2.75, 3.05) is 11.9 Å². The van der Waals surface area contributed by atoms with E-state index in [2.05, 4.69) is 10.4 Å². The highest BCUT2D eigenvalue weighted by Crippen LogP contribution is 2.20. The van der Waals surface area contributed by atoms with Gasteiger partial charge in [-0.15, -0.1) is 0 Å². The molecule has 0 atom stereocenters.